The zero-order valence-corrected chi connectivity index (χ0v) is 11.3. The van der Waals surface area contributed by atoms with E-state index in [1.807, 2.05) is 0 Å². The van der Waals surface area contributed by atoms with E-state index >= 15 is 0 Å². The molecule has 15 nitrogen and oxygen atoms in total. The molecule has 0 aliphatic carbocycles. The van der Waals surface area contributed by atoms with Gasteiger partial charge in [0.05, 0.1) is 0 Å². The fourth-order valence-corrected chi connectivity index (χ4v) is 1.10. The van der Waals surface area contributed by atoms with Crippen LogP contribution < -0.4 is 0 Å². The molecule has 0 aliphatic heterocycles. The maximum atomic E-state index is 13.1. The Kier molecular flexibility index (Phi) is 8.11. The minimum Gasteiger partial charge on any atom is -0.329 e. The molecule has 0 N–H and O–H groups in total. The lowest BCUT2D eigenvalue weighted by molar-refractivity contribution is -0.757. The molecule has 0 saturated heterocycles. The third-order valence-electron chi connectivity index (χ3n) is 2.14. The van der Waals surface area contributed by atoms with Crippen molar-refractivity contribution in [2.75, 3.05) is 13.2 Å². The molecule has 0 aliphatic rings. The van der Waals surface area contributed by atoms with E-state index in [1.165, 1.54) is 0 Å². The number of rotatable bonds is 12. The highest BCUT2D eigenvalue weighted by Gasteiger charge is 2.45. The summed E-state index contributed by atoms with van der Waals surface area (Å²) in [6.07, 6.45) is -12.3. The Morgan fingerprint density at radius 2 is 1.00 bits per heavy atom. The molecule has 0 aromatic rings. The standard InChI is InChI=1S/C7H8F2N4O11/c8-4(6(10(15)16)11(17)18)23-1-3(14)2-24-5(9)7(12(19)20)13(21)22/h4-7H,1-2H2. The summed E-state index contributed by atoms with van der Waals surface area (Å²) in [7, 11) is 0. The molecule has 17 heteroatoms. The molecule has 0 radical (unpaired) electrons. The van der Waals surface area contributed by atoms with Crippen molar-refractivity contribution in [3.8, 4) is 0 Å². The molecular formula is C7H8F2N4O11. The number of carbonyl (C=O) groups is 1. The average Bonchev–Trinajstić information content (AvgIpc) is 2.41. The number of halogens is 2. The van der Waals surface area contributed by atoms with Gasteiger partial charge in [-0.2, -0.15) is 8.78 Å². The minimum atomic E-state index is -3.12. The first-order valence-electron chi connectivity index (χ1n) is 5.56. The van der Waals surface area contributed by atoms with Gasteiger partial charge in [-0.15, -0.1) is 0 Å². The highest BCUT2D eigenvalue weighted by molar-refractivity contribution is 5.80. The number of nitro groups is 4. The molecule has 2 unspecified atom stereocenters. The molecule has 0 aromatic heterocycles. The van der Waals surface area contributed by atoms with Crippen LogP contribution in [0.2, 0.25) is 0 Å². The van der Waals surface area contributed by atoms with Crippen molar-refractivity contribution in [2.45, 2.75) is 25.0 Å². The summed E-state index contributed by atoms with van der Waals surface area (Å²) in [6, 6.07) is 0. The summed E-state index contributed by atoms with van der Waals surface area (Å²) in [5.41, 5.74) is 0. The molecule has 2 atom stereocenters. The zero-order valence-electron chi connectivity index (χ0n) is 11.3. The Labute approximate surface area is 128 Å². The summed E-state index contributed by atoms with van der Waals surface area (Å²) < 4.78 is 34.0. The molecule has 0 bridgehead atoms. The van der Waals surface area contributed by atoms with Gasteiger partial charge < -0.3 is 9.47 Å². The van der Waals surface area contributed by atoms with E-state index in [9.17, 15) is 54.0 Å². The van der Waals surface area contributed by atoms with Crippen LogP contribution in [-0.2, 0) is 14.3 Å². The number of ether oxygens (including phenoxy) is 2. The van der Waals surface area contributed by atoms with Crippen LogP contribution in [-0.4, -0.2) is 63.7 Å². The van der Waals surface area contributed by atoms with Crippen LogP contribution in [0.5, 0.6) is 0 Å². The second-order valence-corrected chi connectivity index (χ2v) is 3.83. The monoisotopic (exact) mass is 362 g/mol. The van der Waals surface area contributed by atoms with Crippen LogP contribution in [0.25, 0.3) is 0 Å². The van der Waals surface area contributed by atoms with Crippen molar-refractivity contribution in [3.63, 3.8) is 0 Å². The Morgan fingerprint density at radius 3 is 1.21 bits per heavy atom. The number of carbonyl (C=O) groups excluding carboxylic acids is 1. The van der Waals surface area contributed by atoms with Crippen LogP contribution in [0.15, 0.2) is 0 Å². The van der Waals surface area contributed by atoms with Crippen molar-refractivity contribution in [3.05, 3.63) is 40.5 Å². The first-order chi connectivity index (χ1) is 11.0. The number of alkyl halides is 2. The van der Waals surface area contributed by atoms with Crippen LogP contribution in [0, 0.1) is 40.5 Å². The predicted molar refractivity (Wildman–Crippen MR) is 62.3 cm³/mol. The van der Waals surface area contributed by atoms with Crippen molar-refractivity contribution in [1.29, 1.82) is 0 Å². The summed E-state index contributed by atoms with van der Waals surface area (Å²) in [6.45, 7) is -2.68. The fourth-order valence-electron chi connectivity index (χ4n) is 1.10. The van der Waals surface area contributed by atoms with E-state index in [4.69, 9.17) is 0 Å². The SMILES string of the molecule is O=C(COC(F)C([N+](=O)[O-])[N+](=O)[O-])COC(F)C([N+](=O)[O-])[N+](=O)[O-]. The van der Waals surface area contributed by atoms with Crippen molar-refractivity contribution >= 4 is 5.78 Å². The molecule has 0 spiro atoms. The molecule has 0 rings (SSSR count). The van der Waals surface area contributed by atoms with E-state index < -0.39 is 63.7 Å². The number of hydrogen-bond donors (Lipinski definition) is 0. The highest BCUT2D eigenvalue weighted by atomic mass is 19.1. The first kappa shape index (κ1) is 21.0. The average molecular weight is 362 g/mol. The number of Topliss-reactive ketones (excluding diaryl/α,β-unsaturated/α-hetero) is 1. The van der Waals surface area contributed by atoms with Gasteiger partial charge in [0.15, 0.2) is 5.78 Å². The Bertz CT molecular complexity index is 459. The Balaban J connectivity index is 4.46. The molecule has 0 saturated carbocycles. The number of hydrogen-bond acceptors (Lipinski definition) is 11. The van der Waals surface area contributed by atoms with Gasteiger partial charge in [-0.3, -0.25) is 45.3 Å². The van der Waals surface area contributed by atoms with Crippen LogP contribution >= 0.6 is 0 Å². The van der Waals surface area contributed by atoms with Crippen LogP contribution in [0.3, 0.4) is 0 Å². The molecule has 136 valence electrons. The molecule has 0 fully saturated rings. The largest absolute Gasteiger partial charge is 0.504 e. The van der Waals surface area contributed by atoms with E-state index in [0.29, 0.717) is 0 Å². The van der Waals surface area contributed by atoms with E-state index in [2.05, 4.69) is 9.47 Å². The maximum Gasteiger partial charge on any atom is 0.504 e. The van der Waals surface area contributed by atoms with Crippen molar-refractivity contribution in [1.82, 2.24) is 0 Å². The topological polar surface area (TPSA) is 208 Å². The third kappa shape index (κ3) is 6.44. The second-order valence-electron chi connectivity index (χ2n) is 3.83. The van der Waals surface area contributed by atoms with Gasteiger partial charge in [0, 0.05) is 0 Å². The molecular weight excluding hydrogens is 354 g/mol. The van der Waals surface area contributed by atoms with E-state index in [1.54, 1.807) is 0 Å². The summed E-state index contributed by atoms with van der Waals surface area (Å²) in [5, 5.41) is 40.8. The van der Waals surface area contributed by atoms with Crippen LogP contribution in [0.4, 0.5) is 8.78 Å². The Hall–Kier alpha value is -2.95. The predicted octanol–water partition coefficient (Wildman–Crippen LogP) is -1.06. The smallest absolute Gasteiger partial charge is 0.329 e. The Morgan fingerprint density at radius 1 is 0.750 bits per heavy atom. The number of nitrogens with zero attached hydrogens (tertiary/aromatic N) is 4. The zero-order chi connectivity index (χ0) is 19.0. The van der Waals surface area contributed by atoms with Crippen LogP contribution in [0.1, 0.15) is 0 Å². The van der Waals surface area contributed by atoms with E-state index in [-0.39, 0.29) is 0 Å². The van der Waals surface area contributed by atoms with Gasteiger partial charge in [-0.25, -0.2) is 0 Å². The van der Waals surface area contributed by atoms with Crippen molar-refractivity contribution in [2.24, 2.45) is 0 Å². The van der Waals surface area contributed by atoms with Gasteiger partial charge >= 0.3 is 25.0 Å². The molecule has 0 amide bonds. The van der Waals surface area contributed by atoms with Gasteiger partial charge in [-0.05, 0) is 0 Å². The first-order valence-corrected chi connectivity index (χ1v) is 5.56. The van der Waals surface area contributed by atoms with Gasteiger partial charge in [0.25, 0.3) is 0 Å². The highest BCUT2D eigenvalue weighted by Crippen LogP contribution is 2.08. The van der Waals surface area contributed by atoms with E-state index in [0.717, 1.165) is 0 Å². The van der Waals surface area contributed by atoms with Crippen molar-refractivity contribution < 1.29 is 42.7 Å². The van der Waals surface area contributed by atoms with Gasteiger partial charge in [-0.1, -0.05) is 0 Å². The minimum absolute atomic E-state index is 1.34. The lowest BCUT2D eigenvalue weighted by Crippen LogP contribution is -2.41. The fraction of sp³-hybridized carbons (Fsp3) is 0.857. The lowest BCUT2D eigenvalue weighted by atomic mass is 10.4. The van der Waals surface area contributed by atoms with Gasteiger partial charge in [0.1, 0.15) is 32.9 Å². The molecule has 0 aromatic carbocycles. The normalized spacial score (nSPS) is 13.5. The quantitative estimate of drug-likeness (QED) is 0.232. The maximum absolute atomic E-state index is 13.1. The third-order valence-corrected chi connectivity index (χ3v) is 2.14. The lowest BCUT2D eigenvalue weighted by Gasteiger charge is -2.10. The van der Waals surface area contributed by atoms with Gasteiger partial charge in [0.2, 0.25) is 0 Å². The summed E-state index contributed by atoms with van der Waals surface area (Å²) in [5.74, 6) is -1.34. The summed E-state index contributed by atoms with van der Waals surface area (Å²) >= 11 is 0. The second kappa shape index (κ2) is 9.25. The number of ketones is 1. The molecule has 24 heavy (non-hydrogen) atoms. The summed E-state index contributed by atoms with van der Waals surface area (Å²) in [4.78, 5) is 45.4. The molecule has 0 heterocycles.